The van der Waals surface area contributed by atoms with Crippen molar-refractivity contribution >= 4 is 111 Å². The Labute approximate surface area is 305 Å². The van der Waals surface area contributed by atoms with Gasteiger partial charge in [-0.1, -0.05) is 79.3 Å². The van der Waals surface area contributed by atoms with Crippen molar-refractivity contribution in [2.24, 2.45) is 23.7 Å². The average Bonchev–Trinajstić information content (AvgIpc) is 3.67. The van der Waals surface area contributed by atoms with E-state index in [2.05, 4.69) is 47.8 Å². The minimum atomic E-state index is -1.09. The van der Waals surface area contributed by atoms with Crippen LogP contribution in [-0.2, 0) is 14.3 Å². The molecule has 1 aromatic heterocycles. The third kappa shape index (κ3) is 5.39. The highest BCUT2D eigenvalue weighted by molar-refractivity contribution is 9.12. The van der Waals surface area contributed by atoms with E-state index >= 15 is 0 Å². The van der Waals surface area contributed by atoms with Gasteiger partial charge in [0.1, 0.15) is 0 Å². The Bertz CT molecular complexity index is 1990. The number of ketones is 1. The number of imide groups is 1. The van der Waals surface area contributed by atoms with Crippen LogP contribution in [0.5, 0.6) is 0 Å². The molecule has 7 rings (SSSR count). The Morgan fingerprint density at radius 2 is 1.60 bits per heavy atom. The van der Waals surface area contributed by atoms with Crippen molar-refractivity contribution in [3.63, 3.8) is 0 Å². The zero-order chi connectivity index (χ0) is 33.5. The van der Waals surface area contributed by atoms with E-state index in [0.717, 1.165) is 6.42 Å². The van der Waals surface area contributed by atoms with Crippen molar-refractivity contribution in [2.75, 3.05) is 4.90 Å². The van der Waals surface area contributed by atoms with Gasteiger partial charge in [0.05, 0.1) is 39.3 Å². The van der Waals surface area contributed by atoms with E-state index in [0.29, 0.717) is 53.5 Å². The second kappa shape index (κ2) is 12.4. The molecule has 0 N–H and O–H groups in total. The SMILES string of the molecule is Cc1c(Cl)c(Br)cc2c(C(=O)OC(C)C(=O)c3cccc(Cl)c3)cc(-c3ccc(N4C(=O)C5C6CC(C(Br)C6Br)C5C4=O)cc3)nc12. The summed E-state index contributed by atoms with van der Waals surface area (Å²) in [4.78, 5) is 60.4. The monoisotopic (exact) mass is 860 g/mol. The summed E-state index contributed by atoms with van der Waals surface area (Å²) in [6, 6.07) is 16.7. The zero-order valence-electron chi connectivity index (χ0n) is 24.8. The summed E-state index contributed by atoms with van der Waals surface area (Å²) in [7, 11) is 0. The highest BCUT2D eigenvalue weighted by Crippen LogP contribution is 2.60. The normalized spacial score (nSPS) is 25.4. The van der Waals surface area contributed by atoms with Gasteiger partial charge in [0, 0.05) is 35.7 Å². The molecule has 47 heavy (non-hydrogen) atoms. The lowest BCUT2D eigenvalue weighted by atomic mass is 9.81. The first-order valence-electron chi connectivity index (χ1n) is 14.9. The standard InChI is InChI=1S/C35H25Br3Cl2N2O5/c1-14-30(40)24(36)12-20-21(35(46)47-15(2)32(43)17-4-3-5-18(39)10-17)13-25(41-31(14)20)16-6-8-19(9-7-16)42-33(44)26-22-11-23(27(26)34(42)45)29(38)28(22)37/h3-10,12-13,15,22-23,26-29H,11H2,1-2H3. The fraction of sp³-hybridized carbons (Fsp3) is 0.286. The molecule has 1 aliphatic heterocycles. The molecular formula is C35H25Br3Cl2N2O5. The Hall–Kier alpha value is -2.63. The van der Waals surface area contributed by atoms with Crippen LogP contribution in [0.4, 0.5) is 5.69 Å². The number of ether oxygens (including phenoxy) is 1. The van der Waals surface area contributed by atoms with E-state index in [9.17, 15) is 19.2 Å². The quantitative estimate of drug-likeness (QED) is 0.0832. The molecule has 7 unspecified atom stereocenters. The number of pyridine rings is 1. The van der Waals surface area contributed by atoms with Gasteiger partial charge in [-0.25, -0.2) is 9.78 Å². The summed E-state index contributed by atoms with van der Waals surface area (Å²) in [5.41, 5.74) is 3.25. The molecule has 4 aromatic rings. The molecule has 2 bridgehead atoms. The number of esters is 1. The molecule has 7 atom stereocenters. The summed E-state index contributed by atoms with van der Waals surface area (Å²) >= 11 is 23.6. The number of hydrogen-bond donors (Lipinski definition) is 0. The summed E-state index contributed by atoms with van der Waals surface area (Å²) in [5, 5.41) is 1.34. The first-order valence-corrected chi connectivity index (χ1v) is 18.3. The van der Waals surface area contributed by atoms with Gasteiger partial charge in [0.25, 0.3) is 0 Å². The number of carbonyl (C=O) groups excluding carboxylic acids is 4. The van der Waals surface area contributed by atoms with E-state index in [1.54, 1.807) is 61.5 Å². The van der Waals surface area contributed by atoms with Crippen LogP contribution in [0, 0.1) is 30.6 Å². The number of halogens is 5. The van der Waals surface area contributed by atoms with Crippen LogP contribution in [0.15, 0.2) is 65.1 Å². The van der Waals surface area contributed by atoms with Crippen molar-refractivity contribution in [3.05, 3.63) is 91.9 Å². The van der Waals surface area contributed by atoms with Crippen molar-refractivity contribution in [2.45, 2.75) is 36.0 Å². The Morgan fingerprint density at radius 3 is 2.21 bits per heavy atom. The minimum absolute atomic E-state index is 0.119. The summed E-state index contributed by atoms with van der Waals surface area (Å²) < 4.78 is 6.27. The second-order valence-corrected chi connectivity index (χ2v) is 16.0. The van der Waals surface area contributed by atoms with Crippen LogP contribution in [0.2, 0.25) is 10.0 Å². The predicted octanol–water partition coefficient (Wildman–Crippen LogP) is 8.99. The highest BCUT2D eigenvalue weighted by atomic mass is 79.9. The van der Waals surface area contributed by atoms with Gasteiger partial charge in [-0.3, -0.25) is 19.3 Å². The largest absolute Gasteiger partial charge is 0.451 e. The van der Waals surface area contributed by atoms with Crippen molar-refractivity contribution < 1.29 is 23.9 Å². The lowest BCUT2D eigenvalue weighted by Crippen LogP contribution is -2.37. The van der Waals surface area contributed by atoms with Crippen LogP contribution in [0.1, 0.15) is 39.6 Å². The lowest BCUT2D eigenvalue weighted by molar-refractivity contribution is -0.123. The Kier molecular flexibility index (Phi) is 8.65. The molecule has 2 aliphatic carbocycles. The molecule has 2 saturated carbocycles. The Balaban J connectivity index is 1.22. The summed E-state index contributed by atoms with van der Waals surface area (Å²) in [6.07, 6.45) is -0.231. The number of aryl methyl sites for hydroxylation is 1. The van der Waals surface area contributed by atoms with Crippen molar-refractivity contribution in [1.29, 1.82) is 0 Å². The maximum Gasteiger partial charge on any atom is 0.339 e. The summed E-state index contributed by atoms with van der Waals surface area (Å²) in [6.45, 7) is 3.32. The number of nitrogens with zero attached hydrogens (tertiary/aromatic N) is 2. The van der Waals surface area contributed by atoms with E-state index in [-0.39, 0.29) is 50.7 Å². The molecule has 7 nitrogen and oxygen atoms in total. The van der Waals surface area contributed by atoms with E-state index < -0.39 is 17.9 Å². The molecule has 0 spiro atoms. The fourth-order valence-electron chi connectivity index (χ4n) is 7.32. The fourth-order valence-corrected chi connectivity index (χ4v) is 10.0. The van der Waals surface area contributed by atoms with E-state index in [1.807, 2.05) is 0 Å². The van der Waals surface area contributed by atoms with Gasteiger partial charge in [0.2, 0.25) is 17.6 Å². The molecule has 12 heteroatoms. The van der Waals surface area contributed by atoms with Gasteiger partial charge in [-0.05, 0) is 90.0 Å². The number of anilines is 1. The number of amides is 2. The topological polar surface area (TPSA) is 93.6 Å². The van der Waals surface area contributed by atoms with Gasteiger partial charge in [-0.15, -0.1) is 0 Å². The second-order valence-electron chi connectivity index (χ2n) is 12.2. The maximum atomic E-state index is 13.7. The number of benzene rings is 3. The van der Waals surface area contributed by atoms with E-state index in [4.69, 9.17) is 32.9 Å². The van der Waals surface area contributed by atoms with E-state index in [1.165, 1.54) is 17.9 Å². The smallest absolute Gasteiger partial charge is 0.339 e. The van der Waals surface area contributed by atoms with Crippen LogP contribution in [0.25, 0.3) is 22.2 Å². The average molecular weight is 864 g/mol. The van der Waals surface area contributed by atoms with Crippen LogP contribution in [-0.4, -0.2) is 44.3 Å². The van der Waals surface area contributed by atoms with Gasteiger partial charge >= 0.3 is 5.97 Å². The van der Waals surface area contributed by atoms with Gasteiger partial charge in [0.15, 0.2) is 6.10 Å². The number of alkyl halides is 2. The maximum absolute atomic E-state index is 13.7. The number of rotatable bonds is 6. The molecule has 1 saturated heterocycles. The lowest BCUT2D eigenvalue weighted by Gasteiger charge is -2.28. The molecule has 3 aliphatic rings. The zero-order valence-corrected chi connectivity index (χ0v) is 31.1. The number of fused-ring (bicyclic) bond motifs is 6. The van der Waals surface area contributed by atoms with Crippen molar-refractivity contribution in [1.82, 2.24) is 4.98 Å². The number of aromatic nitrogens is 1. The highest BCUT2D eigenvalue weighted by Gasteiger charge is 2.66. The molecule has 3 fully saturated rings. The van der Waals surface area contributed by atoms with Crippen LogP contribution < -0.4 is 4.90 Å². The van der Waals surface area contributed by atoms with Crippen LogP contribution >= 0.6 is 71.0 Å². The minimum Gasteiger partial charge on any atom is -0.451 e. The predicted molar refractivity (Wildman–Crippen MR) is 192 cm³/mol. The number of carbonyl (C=O) groups is 4. The molecular weight excluding hydrogens is 839 g/mol. The third-order valence-electron chi connectivity index (χ3n) is 9.61. The first kappa shape index (κ1) is 32.9. The molecule has 0 radical (unpaired) electrons. The van der Waals surface area contributed by atoms with Gasteiger partial charge < -0.3 is 4.74 Å². The Morgan fingerprint density at radius 1 is 0.957 bits per heavy atom. The van der Waals surface area contributed by atoms with Gasteiger partial charge in [-0.2, -0.15) is 0 Å². The number of hydrogen-bond acceptors (Lipinski definition) is 6. The first-order chi connectivity index (χ1) is 22.4. The molecule has 2 amide bonds. The summed E-state index contributed by atoms with van der Waals surface area (Å²) in [5.74, 6) is -1.82. The molecule has 240 valence electrons. The van der Waals surface area contributed by atoms with Crippen LogP contribution in [0.3, 0.4) is 0 Å². The third-order valence-corrected chi connectivity index (χ3v) is 14.4. The molecule has 3 aromatic carbocycles. The molecule has 2 heterocycles. The van der Waals surface area contributed by atoms with Crippen molar-refractivity contribution in [3.8, 4) is 11.3 Å². The number of Topliss-reactive ketones (excluding diaryl/α,β-unsaturated/α-hetero) is 1.